The number of hydrogen-bond acceptors (Lipinski definition) is 3. The third-order valence-electron chi connectivity index (χ3n) is 2.54. The highest BCUT2D eigenvalue weighted by atomic mass is 35.5. The number of hydrogen-bond donors (Lipinski definition) is 1. The minimum absolute atomic E-state index is 0.334. The molecule has 1 aromatic carbocycles. The third kappa shape index (κ3) is 3.31. The summed E-state index contributed by atoms with van der Waals surface area (Å²) in [7, 11) is 1.74. The number of nitrogens with zero attached hydrogens (tertiary/aromatic N) is 1. The fourth-order valence-corrected chi connectivity index (χ4v) is 2.29. The molecule has 2 aromatic rings. The van der Waals surface area contributed by atoms with Gasteiger partial charge in [0.15, 0.2) is 0 Å². The molecule has 0 saturated heterocycles. The van der Waals surface area contributed by atoms with Crippen LogP contribution < -0.4 is 10.1 Å². The molecule has 0 radical (unpaired) electrons. The van der Waals surface area contributed by atoms with Crippen LogP contribution in [0.4, 0.5) is 5.82 Å². The fraction of sp³-hybridized carbons (Fsp3) is 0.214. The van der Waals surface area contributed by atoms with Gasteiger partial charge in [0.1, 0.15) is 16.6 Å². The molecule has 1 heterocycles. The van der Waals surface area contributed by atoms with Gasteiger partial charge in [-0.3, -0.25) is 0 Å². The minimum Gasteiger partial charge on any atom is -0.437 e. The number of benzene rings is 1. The molecule has 0 aliphatic rings. The fourth-order valence-electron chi connectivity index (χ4n) is 1.80. The number of anilines is 1. The van der Waals surface area contributed by atoms with Crippen molar-refractivity contribution in [1.82, 2.24) is 4.98 Å². The zero-order chi connectivity index (χ0) is 14.0. The minimum atomic E-state index is 0.334. The quantitative estimate of drug-likeness (QED) is 0.880. The van der Waals surface area contributed by atoms with Crippen molar-refractivity contribution in [1.29, 1.82) is 0 Å². The molecule has 0 amide bonds. The van der Waals surface area contributed by atoms with Crippen LogP contribution in [0.25, 0.3) is 0 Å². The Labute approximate surface area is 122 Å². The SMILES string of the molecule is CNc1nc(Oc2cc(C)cc(C)c2)c(Cl)cc1Cl. The first-order chi connectivity index (χ1) is 8.99. The predicted octanol–water partition coefficient (Wildman–Crippen LogP) is 4.84. The van der Waals surface area contributed by atoms with E-state index in [1.54, 1.807) is 13.1 Å². The van der Waals surface area contributed by atoms with Crippen LogP contribution in [-0.4, -0.2) is 12.0 Å². The van der Waals surface area contributed by atoms with Crippen LogP contribution in [0.3, 0.4) is 0 Å². The summed E-state index contributed by atoms with van der Waals surface area (Å²) >= 11 is 12.1. The van der Waals surface area contributed by atoms with Gasteiger partial charge < -0.3 is 10.1 Å². The van der Waals surface area contributed by atoms with E-state index < -0.39 is 0 Å². The Balaban J connectivity index is 2.37. The van der Waals surface area contributed by atoms with Gasteiger partial charge in [-0.1, -0.05) is 29.3 Å². The molecule has 1 aromatic heterocycles. The van der Waals surface area contributed by atoms with Gasteiger partial charge in [0.2, 0.25) is 5.88 Å². The zero-order valence-corrected chi connectivity index (χ0v) is 12.4. The van der Waals surface area contributed by atoms with Gasteiger partial charge in [-0.25, -0.2) is 0 Å². The predicted molar refractivity (Wildman–Crippen MR) is 79.8 cm³/mol. The van der Waals surface area contributed by atoms with Crippen molar-refractivity contribution in [3.05, 3.63) is 45.4 Å². The number of halogens is 2. The standard InChI is InChI=1S/C14H14Cl2N2O/c1-8-4-9(2)6-10(5-8)19-14-12(16)7-11(15)13(17-3)18-14/h4-7H,1-3H3,(H,17,18). The van der Waals surface area contributed by atoms with Crippen molar-refractivity contribution in [2.45, 2.75) is 13.8 Å². The summed E-state index contributed by atoms with van der Waals surface area (Å²) < 4.78 is 5.73. The van der Waals surface area contributed by atoms with E-state index in [4.69, 9.17) is 27.9 Å². The van der Waals surface area contributed by atoms with E-state index in [0.29, 0.717) is 27.5 Å². The molecule has 0 bridgehead atoms. The average Bonchev–Trinajstić information content (AvgIpc) is 2.31. The van der Waals surface area contributed by atoms with Gasteiger partial charge in [-0.2, -0.15) is 4.98 Å². The molecule has 5 heteroatoms. The van der Waals surface area contributed by atoms with Crippen LogP contribution >= 0.6 is 23.2 Å². The molecule has 19 heavy (non-hydrogen) atoms. The van der Waals surface area contributed by atoms with E-state index in [1.807, 2.05) is 26.0 Å². The van der Waals surface area contributed by atoms with Gasteiger partial charge in [0.05, 0.1) is 5.02 Å². The molecule has 0 unspecified atom stereocenters. The Bertz CT molecular complexity index is 594. The monoisotopic (exact) mass is 296 g/mol. The van der Waals surface area contributed by atoms with Gasteiger partial charge in [0.25, 0.3) is 0 Å². The van der Waals surface area contributed by atoms with Crippen molar-refractivity contribution >= 4 is 29.0 Å². The second-order valence-electron chi connectivity index (χ2n) is 4.28. The summed E-state index contributed by atoms with van der Waals surface area (Å²) in [5, 5.41) is 3.73. The summed E-state index contributed by atoms with van der Waals surface area (Å²) in [5.74, 6) is 1.57. The molecule has 2 rings (SSSR count). The molecule has 0 atom stereocenters. The number of rotatable bonds is 3. The maximum absolute atomic E-state index is 6.09. The van der Waals surface area contributed by atoms with Crippen molar-refractivity contribution in [3.8, 4) is 11.6 Å². The molecule has 0 aliphatic heterocycles. The van der Waals surface area contributed by atoms with Gasteiger partial charge >= 0.3 is 0 Å². The van der Waals surface area contributed by atoms with E-state index in [2.05, 4.69) is 16.4 Å². The number of nitrogens with one attached hydrogen (secondary N) is 1. The van der Waals surface area contributed by atoms with E-state index >= 15 is 0 Å². The first-order valence-electron chi connectivity index (χ1n) is 5.79. The second-order valence-corrected chi connectivity index (χ2v) is 5.10. The lowest BCUT2D eigenvalue weighted by Gasteiger charge is -2.11. The topological polar surface area (TPSA) is 34.2 Å². The Morgan fingerprint density at radius 2 is 1.63 bits per heavy atom. The van der Waals surface area contributed by atoms with Crippen LogP contribution in [0.1, 0.15) is 11.1 Å². The van der Waals surface area contributed by atoms with Gasteiger partial charge in [-0.15, -0.1) is 0 Å². The third-order valence-corrected chi connectivity index (χ3v) is 3.10. The molecule has 100 valence electrons. The van der Waals surface area contributed by atoms with E-state index in [1.165, 1.54) is 0 Å². The highest BCUT2D eigenvalue weighted by Gasteiger charge is 2.10. The van der Waals surface area contributed by atoms with Crippen molar-refractivity contribution < 1.29 is 4.74 Å². The first-order valence-corrected chi connectivity index (χ1v) is 6.55. The molecule has 0 aliphatic carbocycles. The Morgan fingerprint density at radius 3 is 2.21 bits per heavy atom. The van der Waals surface area contributed by atoms with E-state index in [-0.39, 0.29) is 0 Å². The molecule has 1 N–H and O–H groups in total. The van der Waals surface area contributed by atoms with Crippen LogP contribution in [0.15, 0.2) is 24.3 Å². The van der Waals surface area contributed by atoms with E-state index in [9.17, 15) is 0 Å². The molecule has 3 nitrogen and oxygen atoms in total. The summed E-state index contributed by atoms with van der Waals surface area (Å²) in [4.78, 5) is 4.25. The van der Waals surface area contributed by atoms with Crippen LogP contribution in [0.5, 0.6) is 11.6 Å². The maximum Gasteiger partial charge on any atom is 0.240 e. The highest BCUT2D eigenvalue weighted by molar-refractivity contribution is 6.36. The summed E-state index contributed by atoms with van der Waals surface area (Å²) in [5.41, 5.74) is 2.24. The lowest BCUT2D eigenvalue weighted by Crippen LogP contribution is -1.97. The summed E-state index contributed by atoms with van der Waals surface area (Å²) in [6.07, 6.45) is 0. The molecule has 0 spiro atoms. The molecular weight excluding hydrogens is 283 g/mol. The first kappa shape index (κ1) is 14.0. The van der Waals surface area contributed by atoms with Crippen LogP contribution in [0, 0.1) is 13.8 Å². The lowest BCUT2D eigenvalue weighted by molar-refractivity contribution is 0.463. The Hall–Kier alpha value is -1.45. The number of aromatic nitrogens is 1. The summed E-state index contributed by atoms with van der Waals surface area (Å²) in [6, 6.07) is 7.54. The molecular formula is C14H14Cl2N2O. The normalized spacial score (nSPS) is 10.4. The Kier molecular flexibility index (Phi) is 4.17. The number of pyridine rings is 1. The zero-order valence-electron chi connectivity index (χ0n) is 10.9. The number of ether oxygens (including phenoxy) is 1. The Morgan fingerprint density at radius 1 is 1.00 bits per heavy atom. The molecule has 0 fully saturated rings. The van der Waals surface area contributed by atoms with Crippen molar-refractivity contribution in [2.24, 2.45) is 0 Å². The second kappa shape index (κ2) is 5.68. The van der Waals surface area contributed by atoms with Gasteiger partial charge in [-0.05, 0) is 43.2 Å². The highest BCUT2D eigenvalue weighted by Crippen LogP contribution is 2.33. The van der Waals surface area contributed by atoms with Gasteiger partial charge in [0, 0.05) is 7.05 Å². The van der Waals surface area contributed by atoms with Crippen molar-refractivity contribution in [2.75, 3.05) is 12.4 Å². The lowest BCUT2D eigenvalue weighted by atomic mass is 10.1. The smallest absolute Gasteiger partial charge is 0.240 e. The van der Waals surface area contributed by atoms with Crippen molar-refractivity contribution in [3.63, 3.8) is 0 Å². The largest absolute Gasteiger partial charge is 0.437 e. The summed E-state index contributed by atoms with van der Waals surface area (Å²) in [6.45, 7) is 4.02. The average molecular weight is 297 g/mol. The number of aryl methyl sites for hydroxylation is 2. The molecule has 0 saturated carbocycles. The maximum atomic E-state index is 6.09. The van der Waals surface area contributed by atoms with E-state index in [0.717, 1.165) is 11.1 Å². The van der Waals surface area contributed by atoms with Crippen LogP contribution in [-0.2, 0) is 0 Å². The van der Waals surface area contributed by atoms with Crippen LogP contribution in [0.2, 0.25) is 10.0 Å².